The normalized spacial score (nSPS) is 15.6. The van der Waals surface area contributed by atoms with Gasteiger partial charge in [0, 0.05) is 32.2 Å². The van der Waals surface area contributed by atoms with Gasteiger partial charge in [-0.05, 0) is 45.7 Å². The van der Waals surface area contributed by atoms with Crippen molar-refractivity contribution in [3.63, 3.8) is 0 Å². The molecule has 3 rings (SSSR count). The molecule has 1 aromatic carbocycles. The maximum Gasteiger partial charge on any atom is 0.409 e. The van der Waals surface area contributed by atoms with Gasteiger partial charge in [0.25, 0.3) is 0 Å². The van der Waals surface area contributed by atoms with Gasteiger partial charge in [-0.15, -0.1) is 0 Å². The van der Waals surface area contributed by atoms with Crippen molar-refractivity contribution < 1.29 is 9.53 Å². The van der Waals surface area contributed by atoms with Gasteiger partial charge < -0.3 is 24.8 Å². The van der Waals surface area contributed by atoms with Crippen molar-refractivity contribution in [2.75, 3.05) is 32.8 Å². The maximum atomic E-state index is 11.8. The Hall–Kier alpha value is -2.77. The molecule has 2 heterocycles. The van der Waals surface area contributed by atoms with Gasteiger partial charge in [-0.1, -0.05) is 12.1 Å². The first-order valence-corrected chi connectivity index (χ1v) is 10.5. The van der Waals surface area contributed by atoms with Crippen LogP contribution in [0, 0.1) is 6.92 Å². The van der Waals surface area contributed by atoms with Crippen LogP contribution in [-0.2, 0) is 11.3 Å². The molecule has 1 saturated heterocycles. The summed E-state index contributed by atoms with van der Waals surface area (Å²) in [6.45, 7) is 10.0. The van der Waals surface area contributed by atoms with E-state index in [9.17, 15) is 4.79 Å². The van der Waals surface area contributed by atoms with Crippen LogP contribution < -0.4 is 10.6 Å². The first-order chi connectivity index (χ1) is 14.1. The lowest BCUT2D eigenvalue weighted by Gasteiger charge is -2.32. The number of nitrogens with zero attached hydrogens (tertiary/aromatic N) is 4. The molecule has 0 bridgehead atoms. The zero-order chi connectivity index (χ0) is 20.6. The second kappa shape index (κ2) is 10.1. The second-order valence-corrected chi connectivity index (χ2v) is 7.16. The van der Waals surface area contributed by atoms with E-state index in [1.54, 1.807) is 4.90 Å². The quantitative estimate of drug-likeness (QED) is 0.575. The van der Waals surface area contributed by atoms with Gasteiger partial charge in [-0.2, -0.15) is 0 Å². The Morgan fingerprint density at radius 1 is 1.28 bits per heavy atom. The fraction of sp³-hybridized carbons (Fsp3) is 0.571. The maximum absolute atomic E-state index is 11.8. The van der Waals surface area contributed by atoms with Gasteiger partial charge in [-0.3, -0.25) is 4.99 Å². The molecule has 1 fully saturated rings. The highest BCUT2D eigenvalue weighted by Gasteiger charge is 2.24. The number of guanidine groups is 1. The van der Waals surface area contributed by atoms with Crippen LogP contribution in [0.25, 0.3) is 11.0 Å². The van der Waals surface area contributed by atoms with Gasteiger partial charge in [0.1, 0.15) is 5.82 Å². The first-order valence-electron chi connectivity index (χ1n) is 10.5. The third-order valence-electron chi connectivity index (χ3n) is 5.14. The van der Waals surface area contributed by atoms with E-state index in [4.69, 9.17) is 9.73 Å². The number of aryl methyl sites for hydroxylation is 1. The number of hydrogen-bond acceptors (Lipinski definition) is 4. The Morgan fingerprint density at radius 3 is 2.76 bits per heavy atom. The molecule has 1 aliphatic heterocycles. The molecular weight excluding hydrogens is 368 g/mol. The standard InChI is InChI=1S/C21H32N6O2/c1-4-22-20(25-17-10-13-26(14-11-17)21(28)29-5-2)23-12-15-27-16(3)24-18-8-6-7-9-19(18)27/h6-9,17H,4-5,10-15H2,1-3H3,(H2,22,23,25). The Kier molecular flexibility index (Phi) is 7.32. The fourth-order valence-corrected chi connectivity index (χ4v) is 3.67. The minimum atomic E-state index is -0.213. The number of likely N-dealkylation sites (tertiary alicyclic amines) is 1. The Labute approximate surface area is 172 Å². The number of carbonyl (C=O) groups is 1. The van der Waals surface area contributed by atoms with Crippen LogP contribution in [0.5, 0.6) is 0 Å². The van der Waals surface area contributed by atoms with Crippen LogP contribution >= 0.6 is 0 Å². The summed E-state index contributed by atoms with van der Waals surface area (Å²) >= 11 is 0. The number of aromatic nitrogens is 2. The van der Waals surface area contributed by atoms with Crippen LogP contribution in [0.1, 0.15) is 32.5 Å². The molecule has 29 heavy (non-hydrogen) atoms. The lowest BCUT2D eigenvalue weighted by molar-refractivity contribution is 0.0963. The second-order valence-electron chi connectivity index (χ2n) is 7.16. The molecule has 1 amide bonds. The van der Waals surface area contributed by atoms with Gasteiger partial charge >= 0.3 is 6.09 Å². The molecule has 2 aromatic rings. The van der Waals surface area contributed by atoms with E-state index in [1.165, 1.54) is 0 Å². The van der Waals surface area contributed by atoms with E-state index < -0.39 is 0 Å². The summed E-state index contributed by atoms with van der Waals surface area (Å²) in [7, 11) is 0. The molecule has 0 spiro atoms. The van der Waals surface area contributed by atoms with Crippen LogP contribution in [0.15, 0.2) is 29.3 Å². The summed E-state index contributed by atoms with van der Waals surface area (Å²) < 4.78 is 7.30. The minimum Gasteiger partial charge on any atom is -0.450 e. The average molecular weight is 401 g/mol. The molecular formula is C21H32N6O2. The van der Waals surface area contributed by atoms with Crippen molar-refractivity contribution in [1.82, 2.24) is 25.1 Å². The lowest BCUT2D eigenvalue weighted by Crippen LogP contribution is -2.50. The van der Waals surface area contributed by atoms with Crippen LogP contribution in [0.4, 0.5) is 4.79 Å². The largest absolute Gasteiger partial charge is 0.450 e. The number of aliphatic imine (C=N–C) groups is 1. The van der Waals surface area contributed by atoms with Gasteiger partial charge in [-0.25, -0.2) is 9.78 Å². The number of fused-ring (bicyclic) bond motifs is 1. The van der Waals surface area contributed by atoms with E-state index in [1.807, 2.05) is 32.0 Å². The molecule has 1 aromatic heterocycles. The number of para-hydroxylation sites is 2. The topological polar surface area (TPSA) is 83.8 Å². The Bertz CT molecular complexity index is 839. The molecule has 8 heteroatoms. The van der Waals surface area contributed by atoms with Crippen molar-refractivity contribution >= 4 is 23.1 Å². The number of carbonyl (C=O) groups excluding carboxylic acids is 1. The van der Waals surface area contributed by atoms with E-state index in [2.05, 4.69) is 33.2 Å². The predicted molar refractivity (Wildman–Crippen MR) is 115 cm³/mol. The predicted octanol–water partition coefficient (Wildman–Crippen LogP) is 2.52. The number of nitrogens with one attached hydrogen (secondary N) is 2. The lowest BCUT2D eigenvalue weighted by atomic mass is 10.1. The molecule has 0 radical (unpaired) electrons. The van der Waals surface area contributed by atoms with Gasteiger partial charge in [0.15, 0.2) is 5.96 Å². The third-order valence-corrected chi connectivity index (χ3v) is 5.14. The summed E-state index contributed by atoms with van der Waals surface area (Å²) in [6, 6.07) is 8.49. The summed E-state index contributed by atoms with van der Waals surface area (Å²) in [6.07, 6.45) is 1.55. The minimum absolute atomic E-state index is 0.213. The van der Waals surface area contributed by atoms with Crippen molar-refractivity contribution in [3.05, 3.63) is 30.1 Å². The average Bonchev–Trinajstić information content (AvgIpc) is 3.04. The van der Waals surface area contributed by atoms with Crippen molar-refractivity contribution in [2.24, 2.45) is 4.99 Å². The molecule has 2 N–H and O–H groups in total. The number of rotatable bonds is 6. The number of amides is 1. The van der Waals surface area contributed by atoms with E-state index in [0.29, 0.717) is 32.3 Å². The highest BCUT2D eigenvalue weighted by molar-refractivity contribution is 5.80. The van der Waals surface area contributed by atoms with Crippen LogP contribution in [-0.4, -0.2) is 65.3 Å². The van der Waals surface area contributed by atoms with Crippen LogP contribution in [0.3, 0.4) is 0 Å². The smallest absolute Gasteiger partial charge is 0.409 e. The zero-order valence-electron chi connectivity index (χ0n) is 17.6. The molecule has 0 saturated carbocycles. The highest BCUT2D eigenvalue weighted by Crippen LogP contribution is 2.15. The van der Waals surface area contributed by atoms with E-state index in [0.717, 1.165) is 48.7 Å². The summed E-state index contributed by atoms with van der Waals surface area (Å²) in [5, 5.41) is 6.84. The van der Waals surface area contributed by atoms with Gasteiger partial charge in [0.05, 0.1) is 24.2 Å². The molecule has 1 aliphatic rings. The van der Waals surface area contributed by atoms with Crippen molar-refractivity contribution in [3.8, 4) is 0 Å². The Balaban J connectivity index is 1.55. The summed E-state index contributed by atoms with van der Waals surface area (Å²) in [4.78, 5) is 23.0. The Morgan fingerprint density at radius 2 is 2.03 bits per heavy atom. The molecule has 158 valence electrons. The van der Waals surface area contributed by atoms with E-state index >= 15 is 0 Å². The monoisotopic (exact) mass is 400 g/mol. The third kappa shape index (κ3) is 5.40. The molecule has 0 unspecified atom stereocenters. The van der Waals surface area contributed by atoms with Crippen molar-refractivity contribution in [1.29, 1.82) is 0 Å². The highest BCUT2D eigenvalue weighted by atomic mass is 16.6. The number of benzene rings is 1. The summed E-state index contributed by atoms with van der Waals surface area (Å²) in [5.41, 5.74) is 2.16. The van der Waals surface area contributed by atoms with E-state index in [-0.39, 0.29) is 6.09 Å². The summed E-state index contributed by atoms with van der Waals surface area (Å²) in [5.74, 6) is 1.83. The molecule has 8 nitrogen and oxygen atoms in total. The number of imidazole rings is 1. The molecule has 0 aliphatic carbocycles. The SMILES string of the molecule is CCNC(=NCCn1c(C)nc2ccccc21)NC1CCN(C(=O)OCC)CC1. The zero-order valence-corrected chi connectivity index (χ0v) is 17.6. The number of hydrogen-bond donors (Lipinski definition) is 2. The van der Waals surface area contributed by atoms with Gasteiger partial charge in [0.2, 0.25) is 0 Å². The number of piperidine rings is 1. The van der Waals surface area contributed by atoms with Crippen molar-refractivity contribution in [2.45, 2.75) is 46.2 Å². The number of ether oxygens (including phenoxy) is 1. The fourth-order valence-electron chi connectivity index (χ4n) is 3.67. The van der Waals surface area contributed by atoms with Crippen LogP contribution in [0.2, 0.25) is 0 Å². The first kappa shape index (κ1) is 21.0. The molecule has 0 atom stereocenters.